The molecular formula is C45H45ClN6O5. The molecule has 0 aromatic heterocycles. The van der Waals surface area contributed by atoms with Crippen LogP contribution in [0.2, 0.25) is 5.02 Å². The number of imide groups is 2. The molecule has 0 saturated carbocycles. The fourth-order valence-electron chi connectivity index (χ4n) is 9.95. The zero-order valence-electron chi connectivity index (χ0n) is 31.8. The SMILES string of the molecule is N#Cc1ccc(N2[C@@H]3CC[C@H]2CC(Oc2ccc(C#CC4CCN(C5CCN(c6ccc7c(c6)C(=O)N(C6CCC(=O)NC6=O)C7=O)CC5)CC4)cc2)C3)cc1Cl. The summed E-state index contributed by atoms with van der Waals surface area (Å²) < 4.78 is 6.49. The lowest BCUT2D eigenvalue weighted by Crippen LogP contribution is -2.54. The predicted molar refractivity (Wildman–Crippen MR) is 215 cm³/mol. The van der Waals surface area contributed by atoms with Gasteiger partial charge in [-0.15, -0.1) is 0 Å². The number of fused-ring (bicyclic) bond motifs is 3. The number of rotatable bonds is 6. The van der Waals surface area contributed by atoms with Crippen LogP contribution in [-0.4, -0.2) is 89.9 Å². The van der Waals surface area contributed by atoms with Gasteiger partial charge in [0.2, 0.25) is 11.8 Å². The molecule has 5 fully saturated rings. The zero-order valence-corrected chi connectivity index (χ0v) is 32.5. The van der Waals surface area contributed by atoms with Crippen molar-refractivity contribution in [3.8, 4) is 23.7 Å². The largest absolute Gasteiger partial charge is 0.490 e. The Hall–Kier alpha value is -5.36. The third-order valence-corrected chi connectivity index (χ3v) is 13.3. The van der Waals surface area contributed by atoms with Crippen molar-refractivity contribution >= 4 is 46.6 Å². The molecule has 0 aliphatic carbocycles. The number of anilines is 2. The van der Waals surface area contributed by atoms with Gasteiger partial charge in [-0.05, 0) is 119 Å². The molecule has 0 spiro atoms. The molecule has 6 heterocycles. The molecule has 3 aromatic rings. The quantitative estimate of drug-likeness (QED) is 0.240. The number of halogens is 1. The number of nitrogens with zero attached hydrogens (tertiary/aromatic N) is 5. The first kappa shape index (κ1) is 37.2. The molecule has 11 nitrogen and oxygen atoms in total. The van der Waals surface area contributed by atoms with Crippen molar-refractivity contribution in [2.75, 3.05) is 36.0 Å². The van der Waals surface area contributed by atoms with Gasteiger partial charge in [-0.1, -0.05) is 23.4 Å². The van der Waals surface area contributed by atoms with Crippen molar-refractivity contribution in [1.82, 2.24) is 15.1 Å². The summed E-state index contributed by atoms with van der Waals surface area (Å²) in [6.45, 7) is 3.77. The van der Waals surface area contributed by atoms with Crippen molar-refractivity contribution in [3.05, 3.63) is 87.9 Å². The summed E-state index contributed by atoms with van der Waals surface area (Å²) in [6, 6.07) is 21.9. The Morgan fingerprint density at radius 2 is 1.44 bits per heavy atom. The lowest BCUT2D eigenvalue weighted by molar-refractivity contribution is -0.136. The topological polar surface area (TPSA) is 126 Å². The number of carbonyl (C=O) groups is 4. The van der Waals surface area contributed by atoms with E-state index in [-0.39, 0.29) is 24.9 Å². The van der Waals surface area contributed by atoms with E-state index in [1.54, 1.807) is 12.1 Å². The van der Waals surface area contributed by atoms with Crippen LogP contribution < -0.4 is 19.9 Å². The standard InChI is InChI=1S/C45H45ClN6O5/c46-40-26-35(6-5-30(40)27-47)51-33-7-8-34(51)24-37(23-33)57-36-10-3-28(4-11-36)1-2-29-15-19-49(20-16-29)31-17-21-50(22-18-31)32-9-12-38-39(25-32)45(56)52(44(38)55)41-13-14-42(53)48-43(41)54/h3-6,9-12,25-26,29,31,33-34,37,41H,7-8,13-24H2,(H,48,53,54)/t33-,34+,37?,41?. The van der Waals surface area contributed by atoms with Crippen molar-refractivity contribution in [1.29, 1.82) is 5.26 Å². The molecule has 6 aliphatic heterocycles. The Kier molecular flexibility index (Phi) is 10.1. The normalized spacial score (nSPS) is 25.5. The second kappa shape index (κ2) is 15.5. The Bertz CT molecular complexity index is 2200. The van der Waals surface area contributed by atoms with E-state index in [0.717, 1.165) is 105 Å². The summed E-state index contributed by atoms with van der Waals surface area (Å²) >= 11 is 6.36. The minimum Gasteiger partial charge on any atom is -0.490 e. The monoisotopic (exact) mass is 784 g/mol. The van der Waals surface area contributed by atoms with E-state index in [9.17, 15) is 24.4 Å². The van der Waals surface area contributed by atoms with Gasteiger partial charge in [0.25, 0.3) is 11.8 Å². The van der Waals surface area contributed by atoms with Crippen LogP contribution in [0.3, 0.4) is 0 Å². The lowest BCUT2D eigenvalue weighted by Gasteiger charge is -2.42. The van der Waals surface area contributed by atoms with Gasteiger partial charge < -0.3 is 19.4 Å². The number of likely N-dealkylation sites (tertiary alicyclic amines) is 1. The highest BCUT2D eigenvalue weighted by atomic mass is 35.5. The number of hydrogen-bond acceptors (Lipinski definition) is 9. The lowest BCUT2D eigenvalue weighted by atomic mass is 9.93. The highest BCUT2D eigenvalue weighted by Crippen LogP contribution is 2.41. The molecule has 2 bridgehead atoms. The summed E-state index contributed by atoms with van der Waals surface area (Å²) in [5.41, 5.74) is 4.15. The number of benzene rings is 3. The van der Waals surface area contributed by atoms with Crippen molar-refractivity contribution in [2.45, 2.75) is 94.5 Å². The van der Waals surface area contributed by atoms with Gasteiger partial charge >= 0.3 is 0 Å². The summed E-state index contributed by atoms with van der Waals surface area (Å²) in [5, 5.41) is 12.0. The minimum atomic E-state index is -0.962. The second-order valence-electron chi connectivity index (χ2n) is 16.3. The molecule has 57 heavy (non-hydrogen) atoms. The first-order valence-electron chi connectivity index (χ1n) is 20.3. The van der Waals surface area contributed by atoms with Crippen LogP contribution in [0.1, 0.15) is 96.1 Å². The van der Waals surface area contributed by atoms with Gasteiger partial charge in [-0.25, -0.2) is 0 Å². The molecular weight excluding hydrogens is 740 g/mol. The second-order valence-corrected chi connectivity index (χ2v) is 16.7. The third kappa shape index (κ3) is 7.35. The van der Waals surface area contributed by atoms with Gasteiger partial charge in [0.15, 0.2) is 0 Å². The van der Waals surface area contributed by atoms with E-state index in [1.165, 1.54) is 0 Å². The van der Waals surface area contributed by atoms with E-state index in [1.807, 2.05) is 36.4 Å². The Labute approximate surface area is 337 Å². The number of amides is 4. The predicted octanol–water partition coefficient (Wildman–Crippen LogP) is 5.92. The van der Waals surface area contributed by atoms with Crippen LogP contribution in [0.25, 0.3) is 0 Å². The zero-order chi connectivity index (χ0) is 39.2. The molecule has 4 atom stereocenters. The van der Waals surface area contributed by atoms with Crippen LogP contribution in [-0.2, 0) is 9.59 Å². The van der Waals surface area contributed by atoms with Crippen LogP contribution in [0, 0.1) is 29.1 Å². The van der Waals surface area contributed by atoms with Gasteiger partial charge in [0, 0.05) is 73.3 Å². The highest BCUT2D eigenvalue weighted by Gasteiger charge is 2.45. The number of nitriles is 1. The van der Waals surface area contributed by atoms with Gasteiger partial charge in [0.1, 0.15) is 24.0 Å². The average molecular weight is 785 g/mol. The Morgan fingerprint density at radius 1 is 0.737 bits per heavy atom. The van der Waals surface area contributed by atoms with Crippen LogP contribution >= 0.6 is 11.6 Å². The molecule has 1 N–H and O–H groups in total. The van der Waals surface area contributed by atoms with Crippen molar-refractivity contribution in [3.63, 3.8) is 0 Å². The van der Waals surface area contributed by atoms with Crippen molar-refractivity contribution in [2.24, 2.45) is 5.92 Å². The summed E-state index contributed by atoms with van der Waals surface area (Å²) in [4.78, 5) is 58.9. The Balaban J connectivity index is 0.728. The number of carbonyl (C=O) groups excluding carboxylic acids is 4. The van der Waals surface area contributed by atoms with Crippen LogP contribution in [0.5, 0.6) is 5.75 Å². The van der Waals surface area contributed by atoms with Crippen LogP contribution in [0.4, 0.5) is 11.4 Å². The maximum atomic E-state index is 13.3. The molecule has 3 aromatic carbocycles. The summed E-state index contributed by atoms with van der Waals surface area (Å²) in [7, 11) is 0. The smallest absolute Gasteiger partial charge is 0.262 e. The number of hydrogen-bond donors (Lipinski definition) is 1. The van der Waals surface area contributed by atoms with Gasteiger partial charge in [-0.2, -0.15) is 5.26 Å². The molecule has 5 saturated heterocycles. The molecule has 292 valence electrons. The number of piperidine rings is 4. The fourth-order valence-corrected chi connectivity index (χ4v) is 10.2. The maximum Gasteiger partial charge on any atom is 0.262 e. The molecule has 2 unspecified atom stereocenters. The number of nitrogens with one attached hydrogen (secondary N) is 1. The first-order valence-corrected chi connectivity index (χ1v) is 20.7. The number of ether oxygens (including phenoxy) is 1. The first-order chi connectivity index (χ1) is 27.7. The van der Waals surface area contributed by atoms with E-state index < -0.39 is 23.8 Å². The van der Waals surface area contributed by atoms with Crippen LogP contribution in [0.15, 0.2) is 60.7 Å². The fraction of sp³-hybridized carbons (Fsp3) is 0.444. The maximum absolute atomic E-state index is 13.3. The molecule has 6 aliphatic rings. The summed E-state index contributed by atoms with van der Waals surface area (Å²) in [6.07, 6.45) is 8.74. The van der Waals surface area contributed by atoms with E-state index >= 15 is 0 Å². The third-order valence-electron chi connectivity index (χ3n) is 12.9. The van der Waals surface area contributed by atoms with Gasteiger partial charge in [-0.3, -0.25) is 29.4 Å². The van der Waals surface area contributed by atoms with Gasteiger partial charge in [0.05, 0.1) is 21.7 Å². The highest BCUT2D eigenvalue weighted by molar-refractivity contribution is 6.32. The molecule has 12 heteroatoms. The van der Waals surface area contributed by atoms with E-state index in [0.29, 0.717) is 45.8 Å². The average Bonchev–Trinajstić information content (AvgIpc) is 3.64. The van der Waals surface area contributed by atoms with Crippen molar-refractivity contribution < 1.29 is 23.9 Å². The molecule has 9 rings (SSSR count). The van der Waals surface area contributed by atoms with E-state index in [4.69, 9.17) is 16.3 Å². The Morgan fingerprint density at radius 3 is 2.12 bits per heavy atom. The summed E-state index contributed by atoms with van der Waals surface area (Å²) in [5.74, 6) is 6.30. The molecule has 4 amide bonds. The minimum absolute atomic E-state index is 0.101. The van der Waals surface area contributed by atoms with E-state index in [2.05, 4.69) is 50.1 Å². The molecule has 0 radical (unpaired) electrons.